The fraction of sp³-hybridized carbons (Fsp3) is 0.562. The third kappa shape index (κ3) is 8.53. The molecule has 0 saturated carbocycles. The second-order valence-electron chi connectivity index (χ2n) is 6.50. The van der Waals surface area contributed by atoms with Gasteiger partial charge in [0.05, 0.1) is 6.42 Å². The number of amides is 5. The van der Waals surface area contributed by atoms with Crippen molar-refractivity contribution in [1.82, 2.24) is 21.3 Å². The summed E-state index contributed by atoms with van der Waals surface area (Å²) in [6.07, 6.45) is -1.07. The Morgan fingerprint density at radius 1 is 1.03 bits per heavy atom. The predicted octanol–water partition coefficient (Wildman–Crippen LogP) is -3.82. The van der Waals surface area contributed by atoms with E-state index in [-0.39, 0.29) is 31.6 Å². The average Bonchev–Trinajstić information content (AvgIpc) is 3.08. The Bertz CT molecular complexity index is 739. The Kier molecular flexibility index (Phi) is 9.19. The molecule has 5 amide bonds. The van der Waals surface area contributed by atoms with E-state index in [0.29, 0.717) is 0 Å². The molecule has 1 fully saturated rings. The fourth-order valence-electron chi connectivity index (χ4n) is 2.58. The first-order chi connectivity index (χ1) is 14.0. The number of hydrogen-bond donors (Lipinski definition) is 7. The van der Waals surface area contributed by atoms with Crippen LogP contribution in [-0.2, 0) is 33.6 Å². The van der Waals surface area contributed by atoms with Crippen LogP contribution in [0.3, 0.4) is 0 Å². The Morgan fingerprint density at radius 2 is 1.70 bits per heavy atom. The van der Waals surface area contributed by atoms with Gasteiger partial charge in [0.25, 0.3) is 0 Å². The van der Waals surface area contributed by atoms with Crippen LogP contribution >= 0.6 is 0 Å². The summed E-state index contributed by atoms with van der Waals surface area (Å²) in [6, 6.07) is -3.87. The molecule has 0 radical (unpaired) electrons. The normalized spacial score (nSPS) is 17.2. The summed E-state index contributed by atoms with van der Waals surface area (Å²) in [7, 11) is 0. The Hall–Kier alpha value is -3.71. The largest absolute Gasteiger partial charge is 0.481 e. The molecule has 0 aliphatic carbocycles. The van der Waals surface area contributed by atoms with Gasteiger partial charge in [0.2, 0.25) is 29.5 Å². The number of carboxylic acids is 2. The van der Waals surface area contributed by atoms with Gasteiger partial charge in [-0.3, -0.25) is 33.6 Å². The molecule has 0 bridgehead atoms. The van der Waals surface area contributed by atoms with E-state index >= 15 is 0 Å². The van der Waals surface area contributed by atoms with E-state index in [0.717, 1.165) is 0 Å². The summed E-state index contributed by atoms with van der Waals surface area (Å²) < 4.78 is 0. The minimum atomic E-state index is -1.63. The molecule has 0 unspecified atom stereocenters. The molecule has 0 aromatic carbocycles. The molecule has 14 heteroatoms. The van der Waals surface area contributed by atoms with E-state index < -0.39 is 66.7 Å². The van der Waals surface area contributed by atoms with Crippen molar-refractivity contribution in [2.24, 2.45) is 5.73 Å². The number of carbonyl (C=O) groups is 7. The van der Waals surface area contributed by atoms with Gasteiger partial charge in [-0.15, -0.1) is 0 Å². The maximum atomic E-state index is 12.6. The van der Waals surface area contributed by atoms with Crippen LogP contribution < -0.4 is 27.0 Å². The van der Waals surface area contributed by atoms with Crippen molar-refractivity contribution in [3.05, 3.63) is 0 Å². The lowest BCUT2D eigenvalue weighted by molar-refractivity contribution is -0.141. The van der Waals surface area contributed by atoms with Gasteiger partial charge in [0.15, 0.2) is 0 Å². The van der Waals surface area contributed by atoms with Crippen LogP contribution in [0.25, 0.3) is 0 Å². The van der Waals surface area contributed by atoms with Crippen molar-refractivity contribution in [3.8, 4) is 0 Å². The third-order valence-corrected chi connectivity index (χ3v) is 4.05. The summed E-state index contributed by atoms with van der Waals surface area (Å²) in [5.74, 6) is -6.68. The van der Waals surface area contributed by atoms with E-state index in [4.69, 9.17) is 15.9 Å². The molecule has 1 aliphatic rings. The number of primary amides is 1. The minimum absolute atomic E-state index is 0.126. The molecular formula is C16H23N5O9. The molecule has 0 aromatic rings. The second-order valence-corrected chi connectivity index (χ2v) is 6.50. The van der Waals surface area contributed by atoms with Crippen molar-refractivity contribution in [2.75, 3.05) is 6.54 Å². The monoisotopic (exact) mass is 429 g/mol. The van der Waals surface area contributed by atoms with Crippen molar-refractivity contribution >= 4 is 41.5 Å². The zero-order valence-corrected chi connectivity index (χ0v) is 15.8. The molecule has 1 aliphatic heterocycles. The molecule has 14 nitrogen and oxygen atoms in total. The topological polar surface area (TPSA) is 234 Å². The zero-order valence-electron chi connectivity index (χ0n) is 15.8. The highest BCUT2D eigenvalue weighted by Gasteiger charge is 2.32. The first kappa shape index (κ1) is 24.3. The van der Waals surface area contributed by atoms with Crippen LogP contribution in [0.15, 0.2) is 0 Å². The van der Waals surface area contributed by atoms with E-state index in [9.17, 15) is 33.6 Å². The molecule has 30 heavy (non-hydrogen) atoms. The van der Waals surface area contributed by atoms with Gasteiger partial charge in [-0.25, -0.2) is 0 Å². The smallest absolute Gasteiger partial charge is 0.322 e. The third-order valence-electron chi connectivity index (χ3n) is 4.05. The van der Waals surface area contributed by atoms with E-state index in [1.807, 2.05) is 5.32 Å². The van der Waals surface area contributed by atoms with Crippen LogP contribution in [-0.4, -0.2) is 76.4 Å². The maximum absolute atomic E-state index is 12.6. The van der Waals surface area contributed by atoms with E-state index in [1.54, 1.807) is 0 Å². The van der Waals surface area contributed by atoms with E-state index in [1.165, 1.54) is 0 Å². The molecule has 1 saturated heterocycles. The van der Waals surface area contributed by atoms with Crippen molar-refractivity contribution in [2.45, 2.75) is 50.2 Å². The van der Waals surface area contributed by atoms with E-state index in [2.05, 4.69) is 16.0 Å². The molecule has 166 valence electrons. The van der Waals surface area contributed by atoms with Crippen LogP contribution in [0, 0.1) is 0 Å². The van der Waals surface area contributed by atoms with Crippen molar-refractivity contribution in [3.63, 3.8) is 0 Å². The molecular weight excluding hydrogens is 406 g/mol. The Balaban J connectivity index is 2.86. The second kappa shape index (κ2) is 11.3. The van der Waals surface area contributed by atoms with Crippen LogP contribution in [0.5, 0.6) is 0 Å². The highest BCUT2D eigenvalue weighted by Crippen LogP contribution is 2.08. The van der Waals surface area contributed by atoms with Gasteiger partial charge in [0, 0.05) is 12.8 Å². The highest BCUT2D eigenvalue weighted by molar-refractivity contribution is 5.96. The predicted molar refractivity (Wildman–Crippen MR) is 96.4 cm³/mol. The summed E-state index contributed by atoms with van der Waals surface area (Å²) in [6.45, 7) is -0.798. The number of nitrogens with one attached hydrogen (secondary N) is 4. The zero-order chi connectivity index (χ0) is 22.8. The van der Waals surface area contributed by atoms with Gasteiger partial charge < -0.3 is 37.2 Å². The maximum Gasteiger partial charge on any atom is 0.322 e. The fourth-order valence-corrected chi connectivity index (χ4v) is 2.58. The molecule has 3 atom stereocenters. The summed E-state index contributed by atoms with van der Waals surface area (Å²) in [4.78, 5) is 80.7. The lowest BCUT2D eigenvalue weighted by Gasteiger charge is -2.23. The van der Waals surface area contributed by atoms with Gasteiger partial charge in [-0.05, 0) is 12.8 Å². The van der Waals surface area contributed by atoms with Crippen molar-refractivity contribution in [1.29, 1.82) is 0 Å². The summed E-state index contributed by atoms with van der Waals surface area (Å²) >= 11 is 0. The molecule has 0 spiro atoms. The SMILES string of the molecule is NC(=O)CC[C@H](NC(=O)[C@@H]1CCC(=O)N1)C(=O)N[C@@H](CC(=O)O)C(=O)NCC(=O)O. The van der Waals surface area contributed by atoms with Crippen LogP contribution in [0.2, 0.25) is 0 Å². The molecule has 1 rings (SSSR count). The first-order valence-electron chi connectivity index (χ1n) is 8.89. The highest BCUT2D eigenvalue weighted by atomic mass is 16.4. The summed E-state index contributed by atoms with van der Waals surface area (Å²) in [5, 5.41) is 26.3. The molecule has 1 heterocycles. The summed E-state index contributed by atoms with van der Waals surface area (Å²) in [5.41, 5.74) is 5.06. The number of nitrogens with two attached hydrogens (primary N) is 1. The Morgan fingerprint density at radius 3 is 2.20 bits per heavy atom. The van der Waals surface area contributed by atoms with Crippen LogP contribution in [0.4, 0.5) is 0 Å². The number of hydrogen-bond acceptors (Lipinski definition) is 7. The number of carboxylic acid groups (broad SMARTS) is 2. The quantitative estimate of drug-likeness (QED) is 0.161. The van der Waals surface area contributed by atoms with Gasteiger partial charge in [-0.2, -0.15) is 0 Å². The van der Waals surface area contributed by atoms with Crippen molar-refractivity contribution < 1.29 is 43.8 Å². The van der Waals surface area contributed by atoms with Gasteiger partial charge >= 0.3 is 11.9 Å². The molecule has 8 N–H and O–H groups in total. The van der Waals surface area contributed by atoms with Gasteiger partial charge in [0.1, 0.15) is 24.7 Å². The first-order valence-corrected chi connectivity index (χ1v) is 8.89. The Labute approximate surface area is 169 Å². The molecule has 0 aromatic heterocycles. The van der Waals surface area contributed by atoms with Crippen LogP contribution in [0.1, 0.15) is 32.1 Å². The average molecular weight is 429 g/mol. The number of aliphatic carboxylic acids is 2. The minimum Gasteiger partial charge on any atom is -0.481 e. The lowest BCUT2D eigenvalue weighted by atomic mass is 10.1. The number of rotatable bonds is 12. The lowest BCUT2D eigenvalue weighted by Crippen LogP contribution is -2.56. The number of carbonyl (C=O) groups excluding carboxylic acids is 5. The standard InChI is InChI=1S/C16H23N5O9/c17-10(22)3-1-8(20-15(29)7-2-4-11(23)19-7)16(30)21-9(5-12(24)25)14(28)18-6-13(26)27/h7-9H,1-6H2,(H2,17,22)(H,18,28)(H,19,23)(H,20,29)(H,21,30)(H,24,25)(H,26,27)/t7-,8-,9-/m0/s1. The van der Waals surface area contributed by atoms with Gasteiger partial charge in [-0.1, -0.05) is 0 Å².